The van der Waals surface area contributed by atoms with Crippen molar-refractivity contribution in [2.75, 3.05) is 12.8 Å². The third kappa shape index (κ3) is 24.5. The van der Waals surface area contributed by atoms with Gasteiger partial charge in [-0.25, -0.2) is 4.57 Å². The molecule has 9 heteroatoms. The SMILES string of the molecule is CCOP(=O)(O)CC.O=P(O)(O)O. The van der Waals surface area contributed by atoms with Crippen LogP contribution in [0, 0.1) is 0 Å². The van der Waals surface area contributed by atoms with E-state index in [0.29, 0.717) is 6.61 Å². The summed E-state index contributed by atoms with van der Waals surface area (Å²) in [7, 11) is -7.81. The Morgan fingerprint density at radius 2 is 1.38 bits per heavy atom. The first-order chi connectivity index (χ1) is 5.62. The van der Waals surface area contributed by atoms with Gasteiger partial charge in [0.15, 0.2) is 0 Å². The molecule has 13 heavy (non-hydrogen) atoms. The van der Waals surface area contributed by atoms with E-state index < -0.39 is 15.4 Å². The van der Waals surface area contributed by atoms with Gasteiger partial charge in [-0.2, -0.15) is 0 Å². The lowest BCUT2D eigenvalue weighted by atomic mass is 10.9. The summed E-state index contributed by atoms with van der Waals surface area (Å²) in [5, 5.41) is 0. The molecule has 0 saturated carbocycles. The summed E-state index contributed by atoms with van der Waals surface area (Å²) in [5.41, 5.74) is 0. The molecule has 4 N–H and O–H groups in total. The Morgan fingerprint density at radius 1 is 1.08 bits per heavy atom. The smallest absolute Gasteiger partial charge is 0.324 e. The van der Waals surface area contributed by atoms with Crippen LogP contribution in [0.4, 0.5) is 0 Å². The van der Waals surface area contributed by atoms with E-state index in [2.05, 4.69) is 4.52 Å². The fourth-order valence-electron chi connectivity index (χ4n) is 0.293. The van der Waals surface area contributed by atoms with Crippen LogP contribution < -0.4 is 0 Å². The maximum absolute atomic E-state index is 10.5. The van der Waals surface area contributed by atoms with Crippen LogP contribution in [-0.2, 0) is 13.7 Å². The van der Waals surface area contributed by atoms with Crippen LogP contribution in [0.25, 0.3) is 0 Å². The molecule has 0 aromatic heterocycles. The van der Waals surface area contributed by atoms with Gasteiger partial charge in [-0.05, 0) is 6.92 Å². The van der Waals surface area contributed by atoms with E-state index in [9.17, 15) is 4.57 Å². The van der Waals surface area contributed by atoms with E-state index in [4.69, 9.17) is 24.1 Å². The van der Waals surface area contributed by atoms with Crippen LogP contribution >= 0.6 is 15.4 Å². The summed E-state index contributed by atoms with van der Waals surface area (Å²) in [5.74, 6) is 0. The Balaban J connectivity index is 0. The Morgan fingerprint density at radius 3 is 1.46 bits per heavy atom. The maximum atomic E-state index is 10.5. The van der Waals surface area contributed by atoms with Gasteiger partial charge >= 0.3 is 15.4 Å². The van der Waals surface area contributed by atoms with Crippen LogP contribution in [0.15, 0.2) is 0 Å². The van der Waals surface area contributed by atoms with Crippen molar-refractivity contribution in [3.8, 4) is 0 Å². The molecule has 0 radical (unpaired) electrons. The first-order valence-electron chi connectivity index (χ1n) is 3.37. The second kappa shape index (κ2) is 6.68. The molecule has 1 unspecified atom stereocenters. The number of hydrogen-bond acceptors (Lipinski definition) is 3. The van der Waals surface area contributed by atoms with E-state index in [0.717, 1.165) is 0 Å². The van der Waals surface area contributed by atoms with Gasteiger partial charge in [0, 0.05) is 6.16 Å². The molecule has 0 amide bonds. The van der Waals surface area contributed by atoms with Crippen LogP contribution in [0.1, 0.15) is 13.8 Å². The summed E-state index contributed by atoms with van der Waals surface area (Å²) in [4.78, 5) is 30.2. The highest BCUT2D eigenvalue weighted by molar-refractivity contribution is 7.52. The predicted octanol–water partition coefficient (Wildman–Crippen LogP) is 0.300. The maximum Gasteiger partial charge on any atom is 0.466 e. The van der Waals surface area contributed by atoms with Gasteiger partial charge in [-0.15, -0.1) is 0 Å². The molecule has 0 aliphatic carbocycles. The van der Waals surface area contributed by atoms with Crippen LogP contribution in [0.5, 0.6) is 0 Å². The second-order valence-corrected chi connectivity index (χ2v) is 5.08. The van der Waals surface area contributed by atoms with Crippen LogP contribution in [0.3, 0.4) is 0 Å². The van der Waals surface area contributed by atoms with Gasteiger partial charge in [0.05, 0.1) is 6.61 Å². The minimum atomic E-state index is -4.64. The lowest BCUT2D eigenvalue weighted by molar-refractivity contribution is 0.273. The average molecular weight is 236 g/mol. The Bertz CT molecular complexity index is 200. The van der Waals surface area contributed by atoms with E-state index in [1.165, 1.54) is 0 Å². The van der Waals surface area contributed by atoms with Crippen LogP contribution in [0.2, 0.25) is 0 Å². The monoisotopic (exact) mass is 236 g/mol. The van der Waals surface area contributed by atoms with Gasteiger partial charge in [0.25, 0.3) is 0 Å². The summed E-state index contributed by atoms with van der Waals surface area (Å²) >= 11 is 0. The van der Waals surface area contributed by atoms with Gasteiger partial charge in [0.2, 0.25) is 0 Å². The molecule has 0 bridgehead atoms. The van der Waals surface area contributed by atoms with Gasteiger partial charge in [0.1, 0.15) is 0 Å². The lowest BCUT2D eigenvalue weighted by Gasteiger charge is -2.05. The zero-order valence-electron chi connectivity index (χ0n) is 7.32. The zero-order valence-corrected chi connectivity index (χ0v) is 9.11. The Kier molecular flexibility index (Phi) is 8.07. The summed E-state index contributed by atoms with van der Waals surface area (Å²) in [6, 6.07) is 0. The number of rotatable bonds is 3. The van der Waals surface area contributed by atoms with Crippen molar-refractivity contribution in [1.29, 1.82) is 0 Å². The molecular formula is C4H14O7P2. The molecule has 7 nitrogen and oxygen atoms in total. The highest BCUT2D eigenvalue weighted by Gasteiger charge is 2.12. The molecule has 0 rings (SSSR count). The van der Waals surface area contributed by atoms with Crippen molar-refractivity contribution in [2.24, 2.45) is 0 Å². The van der Waals surface area contributed by atoms with Crippen molar-refractivity contribution >= 4 is 15.4 Å². The molecule has 0 heterocycles. The first kappa shape index (κ1) is 15.7. The summed E-state index contributed by atoms with van der Waals surface area (Å²) < 4.78 is 23.9. The third-order valence-corrected chi connectivity index (χ3v) is 2.19. The van der Waals surface area contributed by atoms with Crippen LogP contribution in [-0.4, -0.2) is 32.3 Å². The van der Waals surface area contributed by atoms with E-state index in [-0.39, 0.29) is 6.16 Å². The minimum Gasteiger partial charge on any atom is -0.324 e. The molecule has 0 aromatic rings. The van der Waals surface area contributed by atoms with Crippen molar-refractivity contribution in [3.05, 3.63) is 0 Å². The Hall–Kier alpha value is 0.260. The van der Waals surface area contributed by atoms with E-state index >= 15 is 0 Å². The Labute approximate surface area is 76.1 Å². The first-order valence-corrected chi connectivity index (χ1v) is 6.69. The molecule has 0 saturated heterocycles. The summed E-state index contributed by atoms with van der Waals surface area (Å²) in [6.45, 7) is 3.62. The normalized spacial score (nSPS) is 15.5. The lowest BCUT2D eigenvalue weighted by Crippen LogP contribution is -1.89. The number of phosphoric acid groups is 1. The van der Waals surface area contributed by atoms with Crippen molar-refractivity contribution in [1.82, 2.24) is 0 Å². The minimum absolute atomic E-state index is 0.195. The van der Waals surface area contributed by atoms with E-state index in [1.807, 2.05) is 0 Å². The highest BCUT2D eigenvalue weighted by Crippen LogP contribution is 2.40. The zero-order chi connectivity index (χ0) is 11.1. The number of hydrogen-bond donors (Lipinski definition) is 4. The van der Waals surface area contributed by atoms with Gasteiger partial charge < -0.3 is 24.1 Å². The molecule has 0 aliphatic rings. The topological polar surface area (TPSA) is 124 Å². The van der Waals surface area contributed by atoms with Gasteiger partial charge in [-0.3, -0.25) is 4.57 Å². The van der Waals surface area contributed by atoms with Crippen molar-refractivity contribution in [3.63, 3.8) is 0 Å². The molecule has 0 spiro atoms. The van der Waals surface area contributed by atoms with Crippen molar-refractivity contribution < 1.29 is 33.2 Å². The summed E-state index contributed by atoms with van der Waals surface area (Å²) in [6.07, 6.45) is 0.195. The molecule has 0 aromatic carbocycles. The van der Waals surface area contributed by atoms with E-state index in [1.54, 1.807) is 13.8 Å². The largest absolute Gasteiger partial charge is 0.466 e. The predicted molar refractivity (Wildman–Crippen MR) is 46.3 cm³/mol. The fraction of sp³-hybridized carbons (Fsp3) is 1.00. The molecule has 1 atom stereocenters. The van der Waals surface area contributed by atoms with Gasteiger partial charge in [-0.1, -0.05) is 6.92 Å². The molecular weight excluding hydrogens is 222 g/mol. The standard InChI is InChI=1S/C4H11O3P.H3O4P/c1-3-7-8(5,6)4-2;1-5(2,3)4/h3-4H2,1-2H3,(H,5,6);(H3,1,2,3,4). The second-order valence-electron chi connectivity index (χ2n) is 1.88. The average Bonchev–Trinajstić information content (AvgIpc) is 1.84. The fourth-order valence-corrected chi connectivity index (χ4v) is 0.879. The molecule has 82 valence electrons. The molecule has 0 fully saturated rings. The quantitative estimate of drug-likeness (QED) is 0.519. The molecule has 0 aliphatic heterocycles. The van der Waals surface area contributed by atoms with Crippen molar-refractivity contribution in [2.45, 2.75) is 13.8 Å². The highest BCUT2D eigenvalue weighted by atomic mass is 31.2. The third-order valence-electron chi connectivity index (χ3n) is 0.730.